The summed E-state index contributed by atoms with van der Waals surface area (Å²) in [7, 11) is 6.00. The zero-order valence-corrected chi connectivity index (χ0v) is 20.4. The van der Waals surface area contributed by atoms with Crippen molar-refractivity contribution in [3.63, 3.8) is 0 Å². The molecule has 0 bridgehead atoms. The van der Waals surface area contributed by atoms with Crippen LogP contribution in [-0.4, -0.2) is 39.6 Å². The Morgan fingerprint density at radius 1 is 1.03 bits per heavy atom. The topological polar surface area (TPSA) is 96.9 Å². The van der Waals surface area contributed by atoms with Crippen LogP contribution in [0.25, 0.3) is 22.2 Å². The zero-order chi connectivity index (χ0) is 25.0. The predicted molar refractivity (Wildman–Crippen MR) is 132 cm³/mol. The molecule has 5 rings (SSSR count). The van der Waals surface area contributed by atoms with Crippen molar-refractivity contribution in [1.29, 1.82) is 0 Å². The van der Waals surface area contributed by atoms with E-state index in [-0.39, 0.29) is 17.2 Å². The van der Waals surface area contributed by atoms with E-state index in [1.165, 1.54) is 25.8 Å². The van der Waals surface area contributed by atoms with Crippen LogP contribution >= 0.6 is 11.6 Å². The molecule has 1 aliphatic heterocycles. The van der Waals surface area contributed by atoms with Gasteiger partial charge in [0.1, 0.15) is 6.10 Å². The van der Waals surface area contributed by atoms with E-state index in [1.807, 2.05) is 16.7 Å². The highest BCUT2D eigenvalue weighted by Gasteiger charge is 2.34. The Labute approximate surface area is 205 Å². The summed E-state index contributed by atoms with van der Waals surface area (Å²) in [6.45, 7) is 0.835. The maximum absolute atomic E-state index is 13.5. The minimum absolute atomic E-state index is 0.127. The van der Waals surface area contributed by atoms with Crippen LogP contribution in [0.15, 0.2) is 46.0 Å². The molecule has 1 N–H and O–H groups in total. The number of aromatic nitrogens is 3. The number of aryl methyl sites for hydroxylation is 1. The summed E-state index contributed by atoms with van der Waals surface area (Å²) in [5.74, 6) is 0.315. The minimum Gasteiger partial charge on any atom is -0.502 e. The molecule has 9 nitrogen and oxygen atoms in total. The predicted octanol–water partition coefficient (Wildman–Crippen LogP) is 3.20. The maximum atomic E-state index is 13.5. The summed E-state index contributed by atoms with van der Waals surface area (Å²) < 4.78 is 21.5. The van der Waals surface area contributed by atoms with Gasteiger partial charge in [-0.1, -0.05) is 23.7 Å². The summed E-state index contributed by atoms with van der Waals surface area (Å²) in [6, 6.07) is 10.6. The monoisotopic (exact) mass is 497 g/mol. The quantitative estimate of drug-likeness (QED) is 0.465. The first-order valence-electron chi connectivity index (χ1n) is 10.9. The first kappa shape index (κ1) is 23.1. The van der Waals surface area contributed by atoms with E-state index in [0.717, 1.165) is 10.1 Å². The third-order valence-corrected chi connectivity index (χ3v) is 6.73. The molecular weight excluding hydrogens is 474 g/mol. The average Bonchev–Trinajstić information content (AvgIpc) is 3.22. The summed E-state index contributed by atoms with van der Waals surface area (Å²) in [6.07, 6.45) is -0.659. The van der Waals surface area contributed by atoms with E-state index in [4.69, 9.17) is 25.8 Å². The van der Waals surface area contributed by atoms with Gasteiger partial charge in [0.2, 0.25) is 5.75 Å². The SMILES string of the molecule is COc1cc([C@H]2OCCn3c(-c4ccc(Cl)cc4)c4c(=O)n(C)c(=O)n(C)c4c32)cc(OC)c1O. The summed E-state index contributed by atoms with van der Waals surface area (Å²) in [4.78, 5) is 26.4. The molecule has 2 aromatic carbocycles. The van der Waals surface area contributed by atoms with E-state index in [0.29, 0.717) is 46.0 Å². The lowest BCUT2D eigenvalue weighted by Gasteiger charge is -2.28. The number of halogens is 1. The van der Waals surface area contributed by atoms with Crippen LogP contribution in [0.3, 0.4) is 0 Å². The van der Waals surface area contributed by atoms with Gasteiger partial charge in [-0.3, -0.25) is 13.9 Å². The summed E-state index contributed by atoms with van der Waals surface area (Å²) in [5, 5.41) is 11.4. The molecule has 0 aliphatic carbocycles. The Morgan fingerprint density at radius 3 is 2.26 bits per heavy atom. The van der Waals surface area contributed by atoms with E-state index in [9.17, 15) is 14.7 Å². The molecule has 4 aromatic rings. The second kappa shape index (κ2) is 8.51. The van der Waals surface area contributed by atoms with E-state index in [1.54, 1.807) is 31.3 Å². The van der Waals surface area contributed by atoms with Gasteiger partial charge in [-0.25, -0.2) is 4.79 Å². The van der Waals surface area contributed by atoms with Crippen LogP contribution in [0, 0.1) is 0 Å². The molecule has 10 heteroatoms. The van der Waals surface area contributed by atoms with Gasteiger partial charge in [0.05, 0.1) is 43.1 Å². The largest absolute Gasteiger partial charge is 0.502 e. The van der Waals surface area contributed by atoms with Crippen molar-refractivity contribution in [2.75, 3.05) is 20.8 Å². The van der Waals surface area contributed by atoms with Crippen LogP contribution in [0.5, 0.6) is 17.2 Å². The Kier molecular flexibility index (Phi) is 5.61. The first-order chi connectivity index (χ1) is 16.8. The average molecular weight is 498 g/mol. The van der Waals surface area contributed by atoms with Gasteiger partial charge in [0, 0.05) is 25.7 Å². The van der Waals surface area contributed by atoms with E-state index in [2.05, 4.69) is 0 Å². The third kappa shape index (κ3) is 3.42. The van der Waals surface area contributed by atoms with Crippen LogP contribution < -0.4 is 20.7 Å². The molecule has 0 amide bonds. The van der Waals surface area contributed by atoms with E-state index < -0.39 is 17.4 Å². The zero-order valence-electron chi connectivity index (χ0n) is 19.7. The number of rotatable bonds is 4. The Hall–Kier alpha value is -3.69. The number of hydrogen-bond acceptors (Lipinski definition) is 6. The first-order valence-corrected chi connectivity index (χ1v) is 11.3. The van der Waals surface area contributed by atoms with Crippen LogP contribution in [0.1, 0.15) is 17.4 Å². The van der Waals surface area contributed by atoms with Crippen LogP contribution in [-0.2, 0) is 25.4 Å². The maximum Gasteiger partial charge on any atom is 0.331 e. The number of ether oxygens (including phenoxy) is 3. The molecule has 3 heterocycles. The highest BCUT2D eigenvalue weighted by atomic mass is 35.5. The van der Waals surface area contributed by atoms with Crippen LogP contribution in [0.2, 0.25) is 5.02 Å². The van der Waals surface area contributed by atoms with Crippen molar-refractivity contribution in [2.45, 2.75) is 12.6 Å². The van der Waals surface area contributed by atoms with Crippen LogP contribution in [0.4, 0.5) is 0 Å². The fraction of sp³-hybridized carbons (Fsp3) is 0.280. The lowest BCUT2D eigenvalue weighted by Crippen LogP contribution is -2.37. The second-order valence-corrected chi connectivity index (χ2v) is 8.78. The minimum atomic E-state index is -0.659. The molecule has 2 aromatic heterocycles. The molecule has 0 radical (unpaired) electrons. The molecule has 0 saturated heterocycles. The smallest absolute Gasteiger partial charge is 0.331 e. The number of methoxy groups -OCH3 is 2. The fourth-order valence-electron chi connectivity index (χ4n) is 4.81. The van der Waals surface area contributed by atoms with E-state index >= 15 is 0 Å². The fourth-order valence-corrected chi connectivity index (χ4v) is 4.93. The van der Waals surface area contributed by atoms with Crippen molar-refractivity contribution >= 4 is 22.5 Å². The Balaban J connectivity index is 1.90. The van der Waals surface area contributed by atoms with Crippen molar-refractivity contribution in [2.24, 2.45) is 14.1 Å². The number of hydrogen-bond donors (Lipinski definition) is 1. The van der Waals surface area contributed by atoms with Crippen molar-refractivity contribution in [1.82, 2.24) is 13.7 Å². The van der Waals surface area contributed by atoms with Gasteiger partial charge < -0.3 is 23.9 Å². The van der Waals surface area contributed by atoms with Crippen molar-refractivity contribution in [3.05, 3.63) is 73.5 Å². The molecule has 0 saturated carbocycles. The molecule has 0 spiro atoms. The van der Waals surface area contributed by atoms with Gasteiger partial charge in [-0.15, -0.1) is 0 Å². The van der Waals surface area contributed by atoms with Gasteiger partial charge in [0.25, 0.3) is 5.56 Å². The molecule has 182 valence electrons. The highest BCUT2D eigenvalue weighted by molar-refractivity contribution is 6.30. The third-order valence-electron chi connectivity index (χ3n) is 6.48. The Bertz CT molecular complexity index is 1560. The normalized spacial score (nSPS) is 15.3. The number of fused-ring (bicyclic) bond motifs is 3. The standard InChI is InChI=1S/C25H24ClN3O6/c1-27-20-18(24(31)28(2)25(27)32)19(13-5-7-15(26)8-6-13)29-9-10-35-23(21(20)29)14-11-16(33-3)22(30)17(12-14)34-4/h5-8,11-12,23,30H,9-10H2,1-4H3/t23-/m1/s1. The summed E-state index contributed by atoms with van der Waals surface area (Å²) in [5.41, 5.74) is 2.43. The van der Waals surface area contributed by atoms with Crippen molar-refractivity contribution in [3.8, 4) is 28.5 Å². The highest BCUT2D eigenvalue weighted by Crippen LogP contribution is 2.45. The number of phenols is 1. The van der Waals surface area contributed by atoms with Gasteiger partial charge >= 0.3 is 5.69 Å². The van der Waals surface area contributed by atoms with Gasteiger partial charge in [-0.2, -0.15) is 0 Å². The molecular formula is C25H24ClN3O6. The molecule has 0 unspecified atom stereocenters. The number of phenolic OH excluding ortho intramolecular Hbond substituents is 1. The van der Waals surface area contributed by atoms with Gasteiger partial charge in [-0.05, 0) is 35.4 Å². The molecule has 1 aliphatic rings. The Morgan fingerprint density at radius 2 is 1.66 bits per heavy atom. The molecule has 0 fully saturated rings. The van der Waals surface area contributed by atoms with Crippen molar-refractivity contribution < 1.29 is 19.3 Å². The van der Waals surface area contributed by atoms with Gasteiger partial charge in [0.15, 0.2) is 11.5 Å². The lowest BCUT2D eigenvalue weighted by atomic mass is 10.0. The molecule has 35 heavy (non-hydrogen) atoms. The number of aromatic hydroxyl groups is 1. The number of benzene rings is 2. The molecule has 1 atom stereocenters. The number of nitrogens with zero attached hydrogens (tertiary/aromatic N) is 3. The second-order valence-electron chi connectivity index (χ2n) is 8.35. The summed E-state index contributed by atoms with van der Waals surface area (Å²) >= 11 is 6.13. The lowest BCUT2D eigenvalue weighted by molar-refractivity contribution is 0.0475.